The van der Waals surface area contributed by atoms with Crippen LogP contribution in [-0.2, 0) is 0 Å². The molecule has 0 fully saturated rings. The number of hydrogen-bond acceptors (Lipinski definition) is 3. The quantitative estimate of drug-likeness (QED) is 0.455. The van der Waals surface area contributed by atoms with Crippen molar-refractivity contribution in [2.45, 2.75) is 20.8 Å². The Morgan fingerprint density at radius 1 is 1.00 bits per heavy atom. The van der Waals surface area contributed by atoms with E-state index in [1.165, 1.54) is 0 Å². The standard InChI is InChI=1S/C18H18Cl3N3/c1-18(2,3)16(11-22-13-7-5-4-6-8-13)23-24-17-14(20)9-12(19)10-15(17)21/h4-11,24H,1-3H3/b22-11?,23-16+. The van der Waals surface area contributed by atoms with Crippen LogP contribution in [0.25, 0.3) is 0 Å². The van der Waals surface area contributed by atoms with Gasteiger partial charge in [0.05, 0.1) is 33.3 Å². The first-order valence-electron chi connectivity index (χ1n) is 7.35. The highest BCUT2D eigenvalue weighted by Gasteiger charge is 2.18. The van der Waals surface area contributed by atoms with Crippen molar-refractivity contribution in [2.24, 2.45) is 15.5 Å². The van der Waals surface area contributed by atoms with Gasteiger partial charge in [0.15, 0.2) is 0 Å². The number of benzene rings is 2. The first-order valence-corrected chi connectivity index (χ1v) is 8.48. The largest absolute Gasteiger partial charge is 0.275 e. The molecule has 2 rings (SSSR count). The molecule has 6 heteroatoms. The lowest BCUT2D eigenvalue weighted by atomic mass is 9.91. The zero-order valence-electron chi connectivity index (χ0n) is 13.6. The number of para-hydroxylation sites is 1. The lowest BCUT2D eigenvalue weighted by Gasteiger charge is -2.18. The predicted octanol–water partition coefficient (Wildman–Crippen LogP) is 6.86. The van der Waals surface area contributed by atoms with E-state index in [4.69, 9.17) is 34.8 Å². The van der Waals surface area contributed by atoms with Crippen molar-refractivity contribution in [3.05, 3.63) is 57.5 Å². The summed E-state index contributed by atoms with van der Waals surface area (Å²) in [6.45, 7) is 6.15. The highest BCUT2D eigenvalue weighted by atomic mass is 35.5. The van der Waals surface area contributed by atoms with Gasteiger partial charge in [-0.2, -0.15) is 5.10 Å². The van der Waals surface area contributed by atoms with E-state index in [1.54, 1.807) is 18.3 Å². The van der Waals surface area contributed by atoms with E-state index in [0.717, 1.165) is 11.4 Å². The van der Waals surface area contributed by atoms with Gasteiger partial charge in [-0.15, -0.1) is 0 Å². The van der Waals surface area contributed by atoms with E-state index in [0.29, 0.717) is 20.8 Å². The molecule has 0 radical (unpaired) electrons. The van der Waals surface area contributed by atoms with Gasteiger partial charge in [0, 0.05) is 10.4 Å². The van der Waals surface area contributed by atoms with E-state index >= 15 is 0 Å². The maximum absolute atomic E-state index is 6.17. The van der Waals surface area contributed by atoms with E-state index in [1.807, 2.05) is 30.3 Å². The molecule has 0 amide bonds. The maximum atomic E-state index is 6.17. The van der Waals surface area contributed by atoms with Crippen molar-refractivity contribution in [3.63, 3.8) is 0 Å². The van der Waals surface area contributed by atoms with Gasteiger partial charge in [0.25, 0.3) is 0 Å². The third-order valence-electron chi connectivity index (χ3n) is 3.16. The first kappa shape index (κ1) is 18.8. The molecule has 0 unspecified atom stereocenters. The summed E-state index contributed by atoms with van der Waals surface area (Å²) in [5, 5.41) is 5.72. The molecule has 24 heavy (non-hydrogen) atoms. The number of hydrazone groups is 1. The SMILES string of the molecule is CC(C)(C)/C(C=Nc1ccccc1)=N/Nc1c(Cl)cc(Cl)cc1Cl. The summed E-state index contributed by atoms with van der Waals surface area (Å²) in [4.78, 5) is 4.46. The molecule has 0 spiro atoms. The Morgan fingerprint density at radius 2 is 1.58 bits per heavy atom. The summed E-state index contributed by atoms with van der Waals surface area (Å²) in [6, 6.07) is 12.9. The molecule has 0 atom stereocenters. The second-order valence-corrected chi connectivity index (χ2v) is 7.45. The van der Waals surface area contributed by atoms with Crippen molar-refractivity contribution < 1.29 is 0 Å². The molecule has 0 heterocycles. The van der Waals surface area contributed by atoms with Crippen LogP contribution in [0.3, 0.4) is 0 Å². The van der Waals surface area contributed by atoms with Gasteiger partial charge in [-0.1, -0.05) is 73.8 Å². The molecular formula is C18H18Cl3N3. The summed E-state index contributed by atoms with van der Waals surface area (Å²) >= 11 is 18.3. The number of rotatable bonds is 4. The minimum absolute atomic E-state index is 0.212. The van der Waals surface area contributed by atoms with Gasteiger partial charge in [-0.25, -0.2) is 0 Å². The lowest BCUT2D eigenvalue weighted by Crippen LogP contribution is -2.23. The molecule has 0 saturated carbocycles. The van der Waals surface area contributed by atoms with Crippen LogP contribution >= 0.6 is 34.8 Å². The summed E-state index contributed by atoms with van der Waals surface area (Å²) in [7, 11) is 0. The summed E-state index contributed by atoms with van der Waals surface area (Å²) in [6.07, 6.45) is 1.74. The Balaban J connectivity index is 2.29. The second-order valence-electron chi connectivity index (χ2n) is 6.20. The average Bonchev–Trinajstić information content (AvgIpc) is 2.48. The average molecular weight is 383 g/mol. The fourth-order valence-corrected chi connectivity index (χ4v) is 2.71. The van der Waals surface area contributed by atoms with Crippen LogP contribution in [0, 0.1) is 5.41 Å². The molecule has 2 aromatic carbocycles. The molecule has 0 aromatic heterocycles. The number of hydrogen-bond donors (Lipinski definition) is 1. The Hall–Kier alpha value is -1.55. The molecule has 126 valence electrons. The van der Waals surface area contributed by atoms with Crippen LogP contribution in [-0.4, -0.2) is 11.9 Å². The Morgan fingerprint density at radius 3 is 2.12 bits per heavy atom. The van der Waals surface area contributed by atoms with Crippen molar-refractivity contribution in [1.82, 2.24) is 0 Å². The third-order valence-corrected chi connectivity index (χ3v) is 3.97. The van der Waals surface area contributed by atoms with Crippen molar-refractivity contribution in [2.75, 3.05) is 5.43 Å². The number of anilines is 1. The van der Waals surface area contributed by atoms with E-state index in [2.05, 4.69) is 36.3 Å². The zero-order chi connectivity index (χ0) is 17.7. The van der Waals surface area contributed by atoms with E-state index < -0.39 is 0 Å². The van der Waals surface area contributed by atoms with Crippen LogP contribution in [0.1, 0.15) is 20.8 Å². The van der Waals surface area contributed by atoms with Crippen LogP contribution in [0.15, 0.2) is 52.6 Å². The van der Waals surface area contributed by atoms with Gasteiger partial charge in [0.1, 0.15) is 0 Å². The van der Waals surface area contributed by atoms with Gasteiger partial charge in [-0.3, -0.25) is 10.4 Å². The highest BCUT2D eigenvalue weighted by molar-refractivity contribution is 6.41. The Bertz CT molecular complexity index is 740. The Labute approximate surface area is 157 Å². The summed E-state index contributed by atoms with van der Waals surface area (Å²) in [5.74, 6) is 0. The number of nitrogens with zero attached hydrogens (tertiary/aromatic N) is 2. The molecule has 2 aromatic rings. The van der Waals surface area contributed by atoms with Gasteiger partial charge in [0.2, 0.25) is 0 Å². The molecular weight excluding hydrogens is 365 g/mol. The van der Waals surface area contributed by atoms with Crippen molar-refractivity contribution >= 4 is 58.1 Å². The topological polar surface area (TPSA) is 36.8 Å². The van der Waals surface area contributed by atoms with E-state index in [-0.39, 0.29) is 5.41 Å². The fraction of sp³-hybridized carbons (Fsp3) is 0.222. The van der Waals surface area contributed by atoms with Crippen molar-refractivity contribution in [3.8, 4) is 0 Å². The van der Waals surface area contributed by atoms with Gasteiger partial charge >= 0.3 is 0 Å². The summed E-state index contributed by atoms with van der Waals surface area (Å²) in [5.41, 5.74) is 4.84. The van der Waals surface area contributed by atoms with Gasteiger partial charge in [-0.05, 0) is 24.3 Å². The molecule has 0 bridgehead atoms. The second kappa shape index (κ2) is 8.02. The van der Waals surface area contributed by atoms with Crippen molar-refractivity contribution in [1.29, 1.82) is 0 Å². The van der Waals surface area contributed by atoms with Crippen LogP contribution < -0.4 is 5.43 Å². The van der Waals surface area contributed by atoms with Crippen LogP contribution in [0.4, 0.5) is 11.4 Å². The minimum Gasteiger partial charge on any atom is -0.275 e. The van der Waals surface area contributed by atoms with E-state index in [9.17, 15) is 0 Å². The van der Waals surface area contributed by atoms with Crippen LogP contribution in [0.5, 0.6) is 0 Å². The molecule has 0 saturated heterocycles. The number of halogens is 3. The smallest absolute Gasteiger partial charge is 0.0935 e. The number of aliphatic imine (C=N–C) groups is 1. The maximum Gasteiger partial charge on any atom is 0.0935 e. The first-order chi connectivity index (χ1) is 11.3. The molecule has 3 nitrogen and oxygen atoms in total. The molecule has 1 N–H and O–H groups in total. The monoisotopic (exact) mass is 381 g/mol. The fourth-order valence-electron chi connectivity index (χ4n) is 1.81. The molecule has 0 aliphatic carbocycles. The predicted molar refractivity (Wildman–Crippen MR) is 107 cm³/mol. The molecule has 0 aliphatic heterocycles. The Kier molecular flexibility index (Phi) is 6.27. The lowest BCUT2D eigenvalue weighted by molar-refractivity contribution is 0.597. The third kappa shape index (κ3) is 5.23. The summed E-state index contributed by atoms with van der Waals surface area (Å²) < 4.78 is 0. The zero-order valence-corrected chi connectivity index (χ0v) is 15.9. The highest BCUT2D eigenvalue weighted by Crippen LogP contribution is 2.33. The minimum atomic E-state index is -0.212. The normalized spacial score (nSPS) is 12.7. The number of nitrogens with one attached hydrogen (secondary N) is 1. The molecule has 0 aliphatic rings. The van der Waals surface area contributed by atoms with Crippen LogP contribution in [0.2, 0.25) is 15.1 Å². The van der Waals surface area contributed by atoms with Gasteiger partial charge < -0.3 is 0 Å².